The quantitative estimate of drug-likeness (QED) is 0.515. The van der Waals surface area contributed by atoms with Crippen LogP contribution in [0.3, 0.4) is 0 Å². The lowest BCUT2D eigenvalue weighted by atomic mass is 9.70. The molecule has 4 rings (SSSR count). The van der Waals surface area contributed by atoms with Gasteiger partial charge in [0.1, 0.15) is 5.75 Å². The second kappa shape index (κ2) is 7.84. The van der Waals surface area contributed by atoms with Gasteiger partial charge in [-0.15, -0.1) is 0 Å². The van der Waals surface area contributed by atoms with E-state index in [4.69, 9.17) is 0 Å². The van der Waals surface area contributed by atoms with Crippen molar-refractivity contribution in [3.63, 3.8) is 0 Å². The number of halogens is 2. The standard InChI is InChI=1S/C24H26F2O/c1-2-3-16-4-12-22-19(14-16)5-6-20-15-18(9-13-23(20)22)17-7-10-21(11-8-17)27-24(25)26/h2-3,5,7-8,10-12,16,18,24H,4,6,9,13-15H2,1H3. The second-order valence-electron chi connectivity index (χ2n) is 7.75. The van der Waals surface area contributed by atoms with Crippen molar-refractivity contribution in [3.05, 3.63) is 76.4 Å². The van der Waals surface area contributed by atoms with Gasteiger partial charge in [-0.3, -0.25) is 0 Å². The zero-order valence-electron chi connectivity index (χ0n) is 15.8. The van der Waals surface area contributed by atoms with Crippen molar-refractivity contribution in [2.24, 2.45) is 5.92 Å². The molecule has 0 bridgehead atoms. The fourth-order valence-electron chi connectivity index (χ4n) is 4.81. The Morgan fingerprint density at radius 1 is 1.11 bits per heavy atom. The summed E-state index contributed by atoms with van der Waals surface area (Å²) < 4.78 is 29.1. The Labute approximate surface area is 160 Å². The lowest BCUT2D eigenvalue weighted by Crippen LogP contribution is -2.17. The van der Waals surface area contributed by atoms with Gasteiger partial charge >= 0.3 is 6.61 Å². The molecule has 2 unspecified atom stereocenters. The van der Waals surface area contributed by atoms with E-state index in [0.717, 1.165) is 32.1 Å². The summed E-state index contributed by atoms with van der Waals surface area (Å²) >= 11 is 0. The van der Waals surface area contributed by atoms with Gasteiger partial charge in [0.25, 0.3) is 0 Å². The molecule has 0 aromatic heterocycles. The first-order chi connectivity index (χ1) is 13.1. The van der Waals surface area contributed by atoms with E-state index in [-0.39, 0.29) is 5.75 Å². The summed E-state index contributed by atoms with van der Waals surface area (Å²) in [5.41, 5.74) is 7.42. The van der Waals surface area contributed by atoms with Crippen LogP contribution in [0.4, 0.5) is 8.78 Å². The molecule has 0 fully saturated rings. The smallest absolute Gasteiger partial charge is 0.387 e. The van der Waals surface area contributed by atoms with Gasteiger partial charge < -0.3 is 4.74 Å². The van der Waals surface area contributed by atoms with E-state index in [0.29, 0.717) is 11.8 Å². The Balaban J connectivity index is 1.48. The zero-order chi connectivity index (χ0) is 18.8. The number of fused-ring (bicyclic) bond motifs is 2. The van der Waals surface area contributed by atoms with Gasteiger partial charge in [-0.1, -0.05) is 42.0 Å². The van der Waals surface area contributed by atoms with E-state index in [2.05, 4.69) is 36.0 Å². The van der Waals surface area contributed by atoms with Crippen LogP contribution in [0.15, 0.2) is 70.9 Å². The summed E-state index contributed by atoms with van der Waals surface area (Å²) in [6, 6.07) is 7.21. The molecule has 0 N–H and O–H groups in total. The van der Waals surface area contributed by atoms with Crippen LogP contribution in [0.5, 0.6) is 5.75 Å². The number of benzene rings is 1. The minimum atomic E-state index is -2.77. The molecule has 142 valence electrons. The lowest BCUT2D eigenvalue weighted by molar-refractivity contribution is -0.0498. The molecule has 3 heteroatoms. The van der Waals surface area contributed by atoms with E-state index >= 15 is 0 Å². The van der Waals surface area contributed by atoms with Gasteiger partial charge in [-0.05, 0) is 91.7 Å². The molecule has 3 aliphatic carbocycles. The van der Waals surface area contributed by atoms with E-state index in [1.54, 1.807) is 23.3 Å². The predicted octanol–water partition coefficient (Wildman–Crippen LogP) is 7.09. The highest BCUT2D eigenvalue weighted by Crippen LogP contribution is 2.47. The van der Waals surface area contributed by atoms with Crippen LogP contribution in [0.2, 0.25) is 0 Å². The normalized spacial score (nSPS) is 25.2. The molecule has 1 aromatic rings. The highest BCUT2D eigenvalue weighted by molar-refractivity contribution is 5.55. The zero-order valence-corrected chi connectivity index (χ0v) is 15.8. The number of allylic oxidation sites excluding steroid dienone is 8. The van der Waals surface area contributed by atoms with Gasteiger partial charge in [-0.25, -0.2) is 0 Å². The van der Waals surface area contributed by atoms with Crippen molar-refractivity contribution in [2.45, 2.75) is 58.0 Å². The van der Waals surface area contributed by atoms with Gasteiger partial charge in [0.15, 0.2) is 0 Å². The molecule has 0 amide bonds. The van der Waals surface area contributed by atoms with Crippen molar-refractivity contribution < 1.29 is 13.5 Å². The average molecular weight is 368 g/mol. The van der Waals surface area contributed by atoms with E-state index in [9.17, 15) is 8.78 Å². The molecular formula is C24H26F2O. The largest absolute Gasteiger partial charge is 0.435 e. The Kier molecular flexibility index (Phi) is 5.29. The topological polar surface area (TPSA) is 9.23 Å². The number of hydrogen-bond donors (Lipinski definition) is 0. The maximum atomic E-state index is 12.3. The lowest BCUT2D eigenvalue weighted by Gasteiger charge is -2.35. The third-order valence-corrected chi connectivity index (χ3v) is 6.08. The summed E-state index contributed by atoms with van der Waals surface area (Å²) in [5.74, 6) is 1.36. The molecular weight excluding hydrogens is 342 g/mol. The van der Waals surface area contributed by atoms with Gasteiger partial charge in [0.05, 0.1) is 0 Å². The minimum absolute atomic E-state index is 0.234. The minimum Gasteiger partial charge on any atom is -0.435 e. The third-order valence-electron chi connectivity index (χ3n) is 6.08. The molecule has 2 atom stereocenters. The average Bonchev–Trinajstić information content (AvgIpc) is 2.67. The van der Waals surface area contributed by atoms with Crippen LogP contribution in [0, 0.1) is 5.92 Å². The van der Waals surface area contributed by atoms with E-state index in [1.165, 1.54) is 23.1 Å². The summed E-state index contributed by atoms with van der Waals surface area (Å²) in [6.45, 7) is -0.666. The van der Waals surface area contributed by atoms with Gasteiger partial charge in [0.2, 0.25) is 0 Å². The van der Waals surface area contributed by atoms with Crippen molar-refractivity contribution in [3.8, 4) is 5.75 Å². The van der Waals surface area contributed by atoms with Crippen molar-refractivity contribution >= 4 is 0 Å². The van der Waals surface area contributed by atoms with Crippen LogP contribution in [0.25, 0.3) is 0 Å². The molecule has 0 radical (unpaired) electrons. The molecule has 27 heavy (non-hydrogen) atoms. The first-order valence-electron chi connectivity index (χ1n) is 9.92. The molecule has 0 spiro atoms. The van der Waals surface area contributed by atoms with E-state index in [1.807, 2.05) is 12.1 Å². The van der Waals surface area contributed by atoms with Crippen molar-refractivity contribution in [2.75, 3.05) is 0 Å². The summed E-state index contributed by atoms with van der Waals surface area (Å²) in [5, 5.41) is 0. The van der Waals surface area contributed by atoms with Crippen LogP contribution < -0.4 is 4.74 Å². The van der Waals surface area contributed by atoms with Crippen molar-refractivity contribution in [1.82, 2.24) is 0 Å². The fourth-order valence-corrected chi connectivity index (χ4v) is 4.81. The highest BCUT2D eigenvalue weighted by Gasteiger charge is 2.29. The predicted molar refractivity (Wildman–Crippen MR) is 105 cm³/mol. The SMILES string of the molecule is CC=CC1CC=C2C(=CCC3=C2CCC(c2ccc(OC(F)F)cc2)C3)C1. The molecule has 3 aliphatic rings. The fraction of sp³-hybridized carbons (Fsp3) is 0.417. The Bertz CT molecular complexity index is 811. The van der Waals surface area contributed by atoms with Crippen LogP contribution in [0.1, 0.15) is 56.9 Å². The highest BCUT2D eigenvalue weighted by atomic mass is 19.3. The summed E-state index contributed by atoms with van der Waals surface area (Å²) in [7, 11) is 0. The number of ether oxygens (including phenoxy) is 1. The number of rotatable bonds is 4. The molecule has 0 saturated carbocycles. The van der Waals surface area contributed by atoms with Crippen LogP contribution in [-0.2, 0) is 0 Å². The maximum absolute atomic E-state index is 12.3. The molecule has 0 heterocycles. The number of alkyl halides is 2. The first kappa shape index (κ1) is 18.2. The van der Waals surface area contributed by atoms with Gasteiger partial charge in [0, 0.05) is 0 Å². The van der Waals surface area contributed by atoms with E-state index < -0.39 is 6.61 Å². The summed E-state index contributed by atoms with van der Waals surface area (Å²) in [4.78, 5) is 0. The van der Waals surface area contributed by atoms with Gasteiger partial charge in [-0.2, -0.15) is 8.78 Å². The number of hydrogen-bond acceptors (Lipinski definition) is 1. The van der Waals surface area contributed by atoms with Crippen LogP contribution in [-0.4, -0.2) is 6.61 Å². The monoisotopic (exact) mass is 368 g/mol. The molecule has 0 aliphatic heterocycles. The molecule has 1 aromatic carbocycles. The third kappa shape index (κ3) is 3.92. The maximum Gasteiger partial charge on any atom is 0.387 e. The Hall–Kier alpha value is -2.16. The summed E-state index contributed by atoms with van der Waals surface area (Å²) in [6.07, 6.45) is 16.1. The first-order valence-corrected chi connectivity index (χ1v) is 9.92. The Morgan fingerprint density at radius 3 is 2.67 bits per heavy atom. The molecule has 1 nitrogen and oxygen atoms in total. The Morgan fingerprint density at radius 2 is 1.93 bits per heavy atom. The second-order valence-corrected chi connectivity index (χ2v) is 7.75. The van der Waals surface area contributed by atoms with Crippen molar-refractivity contribution in [1.29, 1.82) is 0 Å². The van der Waals surface area contributed by atoms with Crippen LogP contribution >= 0.6 is 0 Å². The molecule has 0 saturated heterocycles.